The molecule has 0 aliphatic heterocycles. The van der Waals surface area contributed by atoms with E-state index in [9.17, 15) is 9.35 Å². The van der Waals surface area contributed by atoms with Crippen molar-refractivity contribution < 1.29 is 14.1 Å². The zero-order valence-electron chi connectivity index (χ0n) is 13.8. The molecule has 1 aliphatic carbocycles. The summed E-state index contributed by atoms with van der Waals surface area (Å²) < 4.78 is 20.4. The van der Waals surface area contributed by atoms with E-state index in [-0.39, 0.29) is 12.4 Å². The number of fused-ring (bicyclic) bond motifs is 1. The number of ether oxygens (including phenoxy) is 1. The number of hydrogen-bond acceptors (Lipinski definition) is 4. The highest BCUT2D eigenvalue weighted by Gasteiger charge is 2.44. The summed E-state index contributed by atoms with van der Waals surface area (Å²) in [6.07, 6.45) is 2.93. The van der Waals surface area contributed by atoms with Crippen LogP contribution in [0.3, 0.4) is 0 Å². The summed E-state index contributed by atoms with van der Waals surface area (Å²) in [6, 6.07) is 8.10. The normalized spacial score (nSPS) is 22.8. The molecule has 5 heteroatoms. The van der Waals surface area contributed by atoms with Crippen molar-refractivity contribution in [2.45, 2.75) is 56.7 Å². The lowest BCUT2D eigenvalue weighted by Crippen LogP contribution is -2.53. The molecule has 122 valence electrons. The fourth-order valence-corrected chi connectivity index (χ4v) is 3.84. The molecule has 0 saturated carbocycles. The molecule has 0 radical (unpaired) electrons. The van der Waals surface area contributed by atoms with Crippen LogP contribution in [0.4, 0.5) is 0 Å². The van der Waals surface area contributed by atoms with Crippen LogP contribution < -0.4 is 4.72 Å². The Morgan fingerprint density at radius 3 is 2.73 bits per heavy atom. The Morgan fingerprint density at radius 1 is 1.41 bits per heavy atom. The van der Waals surface area contributed by atoms with Crippen molar-refractivity contribution in [1.29, 1.82) is 0 Å². The second-order valence-electron chi connectivity index (χ2n) is 6.83. The van der Waals surface area contributed by atoms with Crippen LogP contribution >= 0.6 is 0 Å². The van der Waals surface area contributed by atoms with Gasteiger partial charge in [0.1, 0.15) is 4.75 Å². The van der Waals surface area contributed by atoms with E-state index in [1.165, 1.54) is 12.7 Å². The van der Waals surface area contributed by atoms with Gasteiger partial charge in [0.05, 0.1) is 19.1 Å². The van der Waals surface area contributed by atoms with Gasteiger partial charge >= 0.3 is 5.97 Å². The van der Waals surface area contributed by atoms with E-state index in [1.807, 2.05) is 39.0 Å². The molecule has 1 aromatic rings. The van der Waals surface area contributed by atoms with E-state index in [2.05, 4.69) is 10.8 Å². The first-order valence-corrected chi connectivity index (χ1v) is 8.78. The summed E-state index contributed by atoms with van der Waals surface area (Å²) >= 11 is -1.26. The average molecular weight is 323 g/mol. The number of esters is 1. The zero-order chi connectivity index (χ0) is 16.4. The largest absolute Gasteiger partial charge is 0.598 e. The van der Waals surface area contributed by atoms with Crippen molar-refractivity contribution in [1.82, 2.24) is 4.72 Å². The molecule has 2 atom stereocenters. The molecule has 4 nitrogen and oxygen atoms in total. The Balaban J connectivity index is 2.41. The highest BCUT2D eigenvalue weighted by Crippen LogP contribution is 2.39. The Morgan fingerprint density at radius 2 is 2.09 bits per heavy atom. The molecule has 0 bridgehead atoms. The number of nitrogens with one attached hydrogen (secondary N) is 1. The number of carbonyl (C=O) groups excluding carboxylic acids is 1. The Kier molecular flexibility index (Phi) is 5.20. The van der Waals surface area contributed by atoms with Crippen molar-refractivity contribution in [3.8, 4) is 0 Å². The van der Waals surface area contributed by atoms with E-state index in [1.54, 1.807) is 0 Å². The molecular formula is C17H25NO3S. The first-order chi connectivity index (χ1) is 10.3. The molecule has 2 rings (SSSR count). The fraction of sp³-hybridized carbons (Fsp3) is 0.588. The van der Waals surface area contributed by atoms with Crippen molar-refractivity contribution in [3.05, 3.63) is 35.4 Å². The van der Waals surface area contributed by atoms with Crippen LogP contribution in [-0.2, 0) is 32.9 Å². The summed E-state index contributed by atoms with van der Waals surface area (Å²) in [5, 5.41) is 0. The lowest BCUT2D eigenvalue weighted by Gasteiger charge is -2.40. The van der Waals surface area contributed by atoms with Gasteiger partial charge in [0, 0.05) is 11.4 Å². The van der Waals surface area contributed by atoms with Gasteiger partial charge in [-0.1, -0.05) is 24.3 Å². The minimum Gasteiger partial charge on any atom is -0.598 e. The Bertz CT molecular complexity index is 541. The lowest BCUT2D eigenvalue weighted by molar-refractivity contribution is -0.142. The fourth-order valence-electron chi connectivity index (χ4n) is 2.90. The predicted molar refractivity (Wildman–Crippen MR) is 88.7 cm³/mol. The first kappa shape index (κ1) is 17.3. The third-order valence-electron chi connectivity index (χ3n) is 4.10. The van der Waals surface area contributed by atoms with Crippen LogP contribution in [0.25, 0.3) is 0 Å². The molecule has 0 heterocycles. The van der Waals surface area contributed by atoms with Crippen LogP contribution in [0.1, 0.15) is 51.2 Å². The maximum atomic E-state index is 12.7. The monoisotopic (exact) mass is 323 g/mol. The highest BCUT2D eigenvalue weighted by atomic mass is 32.2. The Hall–Kier alpha value is -1.04. The number of carbonyl (C=O) groups is 1. The summed E-state index contributed by atoms with van der Waals surface area (Å²) in [7, 11) is 1.39. The van der Waals surface area contributed by atoms with Crippen molar-refractivity contribution in [3.63, 3.8) is 0 Å². The third kappa shape index (κ3) is 3.65. The molecule has 22 heavy (non-hydrogen) atoms. The van der Waals surface area contributed by atoms with E-state index in [4.69, 9.17) is 4.74 Å². The summed E-state index contributed by atoms with van der Waals surface area (Å²) in [4.78, 5) is 12.0. The van der Waals surface area contributed by atoms with Gasteiger partial charge in [-0.2, -0.15) is 0 Å². The standard InChI is InChI=1S/C17H25NO3S/c1-16(2,3)22(20)18-17(12-15(19)21-4)11-7-9-13-8-5-6-10-14(13)17/h5-6,8,10,18H,7,9,11-12H2,1-4H3/t17-,22?/m0/s1. The highest BCUT2D eigenvalue weighted by molar-refractivity contribution is 7.90. The summed E-state index contributed by atoms with van der Waals surface area (Å²) in [5.74, 6) is -0.282. The summed E-state index contributed by atoms with van der Waals surface area (Å²) in [5.41, 5.74) is 1.68. The number of benzene rings is 1. The van der Waals surface area contributed by atoms with Crippen molar-refractivity contribution in [2.24, 2.45) is 0 Å². The molecule has 1 aromatic carbocycles. The number of rotatable bonds is 4. The maximum Gasteiger partial charge on any atom is 0.307 e. The molecular weight excluding hydrogens is 298 g/mol. The minimum atomic E-state index is -1.26. The lowest BCUT2D eigenvalue weighted by atomic mass is 9.75. The van der Waals surface area contributed by atoms with Crippen molar-refractivity contribution in [2.75, 3.05) is 7.11 Å². The van der Waals surface area contributed by atoms with E-state index < -0.39 is 21.6 Å². The second kappa shape index (κ2) is 6.60. The molecule has 0 spiro atoms. The molecule has 0 aromatic heterocycles. The average Bonchev–Trinajstić information content (AvgIpc) is 2.46. The van der Waals surface area contributed by atoms with Crippen molar-refractivity contribution >= 4 is 17.3 Å². The van der Waals surface area contributed by atoms with Gasteiger partial charge < -0.3 is 9.29 Å². The zero-order valence-corrected chi connectivity index (χ0v) is 14.6. The smallest absolute Gasteiger partial charge is 0.307 e. The SMILES string of the molecule is COC(=O)C[C@@]1(N[S+]([O-])C(C)(C)C)CCCc2ccccc21. The van der Waals surface area contributed by atoms with Crippen LogP contribution in [-0.4, -0.2) is 22.4 Å². The molecule has 0 amide bonds. The van der Waals surface area contributed by atoms with Gasteiger partial charge in [-0.05, 0) is 51.2 Å². The molecule has 0 fully saturated rings. The van der Waals surface area contributed by atoms with Crippen LogP contribution in [0.5, 0.6) is 0 Å². The molecule has 0 saturated heterocycles. The Labute approximate surface area is 135 Å². The van der Waals surface area contributed by atoms with Gasteiger partial charge in [-0.3, -0.25) is 4.79 Å². The van der Waals surface area contributed by atoms with Gasteiger partial charge in [0.2, 0.25) is 0 Å². The van der Waals surface area contributed by atoms with Gasteiger partial charge in [-0.15, -0.1) is 4.72 Å². The van der Waals surface area contributed by atoms with E-state index in [0.717, 1.165) is 24.8 Å². The molecule has 1 N–H and O–H groups in total. The van der Waals surface area contributed by atoms with E-state index >= 15 is 0 Å². The molecule has 1 aliphatic rings. The molecule has 1 unspecified atom stereocenters. The third-order valence-corrected chi connectivity index (χ3v) is 5.79. The topological polar surface area (TPSA) is 61.4 Å². The van der Waals surface area contributed by atoms with Gasteiger partial charge in [-0.25, -0.2) is 0 Å². The van der Waals surface area contributed by atoms with Crippen LogP contribution in [0, 0.1) is 0 Å². The van der Waals surface area contributed by atoms with Crippen LogP contribution in [0.2, 0.25) is 0 Å². The minimum absolute atomic E-state index is 0.197. The number of hydrogen-bond donors (Lipinski definition) is 1. The van der Waals surface area contributed by atoms with Crippen LogP contribution in [0.15, 0.2) is 24.3 Å². The number of aryl methyl sites for hydroxylation is 1. The van der Waals surface area contributed by atoms with Gasteiger partial charge in [0.25, 0.3) is 0 Å². The van der Waals surface area contributed by atoms with Gasteiger partial charge in [0.15, 0.2) is 0 Å². The predicted octanol–water partition coefficient (Wildman–Crippen LogP) is 2.83. The first-order valence-electron chi connectivity index (χ1n) is 7.63. The second-order valence-corrected chi connectivity index (χ2v) is 8.80. The summed E-state index contributed by atoms with van der Waals surface area (Å²) in [6.45, 7) is 5.78. The number of methoxy groups -OCH3 is 1. The maximum absolute atomic E-state index is 12.7. The quantitative estimate of drug-likeness (QED) is 0.684. The van der Waals surface area contributed by atoms with E-state index in [0.29, 0.717) is 0 Å².